The summed E-state index contributed by atoms with van der Waals surface area (Å²) in [4.78, 5) is 2.27. The molecule has 29 heavy (non-hydrogen) atoms. The van der Waals surface area contributed by atoms with Crippen molar-refractivity contribution in [1.29, 1.82) is 0 Å². The predicted molar refractivity (Wildman–Crippen MR) is 120 cm³/mol. The van der Waals surface area contributed by atoms with Crippen molar-refractivity contribution in [3.05, 3.63) is 95.7 Å². The summed E-state index contributed by atoms with van der Waals surface area (Å²) < 4.78 is 7.62. The van der Waals surface area contributed by atoms with Crippen molar-refractivity contribution in [1.82, 2.24) is 0 Å². The number of ether oxygens (including phenoxy) is 1. The highest BCUT2D eigenvalue weighted by Gasteiger charge is 2.24. The van der Waals surface area contributed by atoms with Gasteiger partial charge in [0, 0.05) is 47.8 Å². The number of nitrogens with zero attached hydrogens (tertiary/aromatic N) is 2. The van der Waals surface area contributed by atoms with Crippen LogP contribution in [0.15, 0.2) is 78.9 Å². The smallest absolute Gasteiger partial charge is 0.212 e. The number of methoxy groups -OCH3 is 1. The molecule has 0 bridgehead atoms. The van der Waals surface area contributed by atoms with Gasteiger partial charge in [-0.05, 0) is 35.9 Å². The van der Waals surface area contributed by atoms with Gasteiger partial charge in [0.1, 0.15) is 12.8 Å². The van der Waals surface area contributed by atoms with Gasteiger partial charge < -0.3 is 9.64 Å². The minimum absolute atomic E-state index is 0.877. The summed E-state index contributed by atoms with van der Waals surface area (Å²) in [5.41, 5.74) is 8.54. The SMILES string of the molecule is COc1ccc2c(ccc(C=C3c4ccccc4N(C)c4ccccc43)[n+]2C)c1. The van der Waals surface area contributed by atoms with Crippen LogP contribution in [0.2, 0.25) is 0 Å². The Kier molecular flexibility index (Phi) is 4.09. The van der Waals surface area contributed by atoms with Gasteiger partial charge in [-0.3, -0.25) is 0 Å². The van der Waals surface area contributed by atoms with E-state index in [0.717, 1.165) is 16.8 Å². The van der Waals surface area contributed by atoms with E-state index in [1.807, 2.05) is 6.07 Å². The van der Waals surface area contributed by atoms with E-state index < -0.39 is 0 Å². The van der Waals surface area contributed by atoms with Gasteiger partial charge in [0.25, 0.3) is 0 Å². The van der Waals surface area contributed by atoms with Gasteiger partial charge in [-0.2, -0.15) is 4.57 Å². The predicted octanol–water partition coefficient (Wildman–Crippen LogP) is 5.34. The van der Waals surface area contributed by atoms with Gasteiger partial charge in [0.05, 0.1) is 12.5 Å². The van der Waals surface area contributed by atoms with Gasteiger partial charge in [0.2, 0.25) is 11.2 Å². The summed E-state index contributed by atoms with van der Waals surface area (Å²) in [6.45, 7) is 0. The summed E-state index contributed by atoms with van der Waals surface area (Å²) in [7, 11) is 5.96. The fourth-order valence-electron chi connectivity index (χ4n) is 4.24. The first-order chi connectivity index (χ1) is 14.2. The lowest BCUT2D eigenvalue weighted by molar-refractivity contribution is -0.646. The van der Waals surface area contributed by atoms with Crippen molar-refractivity contribution < 1.29 is 9.30 Å². The summed E-state index contributed by atoms with van der Waals surface area (Å²) in [5, 5.41) is 1.16. The van der Waals surface area contributed by atoms with Crippen LogP contribution in [0.3, 0.4) is 0 Å². The van der Waals surface area contributed by atoms with E-state index in [2.05, 4.69) is 102 Å². The molecule has 0 spiro atoms. The summed E-state index contributed by atoms with van der Waals surface area (Å²) in [5.74, 6) is 0.877. The van der Waals surface area contributed by atoms with Crippen LogP contribution >= 0.6 is 0 Å². The van der Waals surface area contributed by atoms with E-state index in [1.54, 1.807) is 7.11 Å². The van der Waals surface area contributed by atoms with E-state index in [0.29, 0.717) is 0 Å². The molecule has 1 aromatic heterocycles. The Hall–Kier alpha value is -3.59. The lowest BCUT2D eigenvalue weighted by atomic mass is 9.89. The van der Waals surface area contributed by atoms with Gasteiger partial charge in [0.15, 0.2) is 0 Å². The van der Waals surface area contributed by atoms with Crippen molar-refractivity contribution in [2.75, 3.05) is 19.1 Å². The van der Waals surface area contributed by atoms with Gasteiger partial charge in [-0.1, -0.05) is 36.4 Å². The molecule has 0 fully saturated rings. The average molecular weight is 379 g/mol. The summed E-state index contributed by atoms with van der Waals surface area (Å²) >= 11 is 0. The molecule has 0 saturated carbocycles. The van der Waals surface area contributed by atoms with Gasteiger partial charge in [-0.15, -0.1) is 0 Å². The highest BCUT2D eigenvalue weighted by molar-refractivity contribution is 6.03. The van der Waals surface area contributed by atoms with E-state index in [9.17, 15) is 0 Å². The Balaban J connectivity index is 1.74. The van der Waals surface area contributed by atoms with E-state index in [-0.39, 0.29) is 0 Å². The van der Waals surface area contributed by atoms with Crippen LogP contribution in [0.4, 0.5) is 11.4 Å². The van der Waals surface area contributed by atoms with Crippen LogP contribution < -0.4 is 14.2 Å². The number of aromatic nitrogens is 1. The average Bonchev–Trinajstić information content (AvgIpc) is 2.78. The minimum atomic E-state index is 0.877. The molecule has 1 aliphatic rings. The van der Waals surface area contributed by atoms with E-state index in [1.165, 1.54) is 33.6 Å². The number of anilines is 2. The molecular weight excluding hydrogens is 356 g/mol. The number of fused-ring (bicyclic) bond motifs is 3. The quantitative estimate of drug-likeness (QED) is 0.437. The number of hydrogen-bond acceptors (Lipinski definition) is 2. The molecule has 3 nitrogen and oxygen atoms in total. The molecule has 0 radical (unpaired) electrons. The molecule has 3 heteroatoms. The van der Waals surface area contributed by atoms with Crippen molar-refractivity contribution in [3.63, 3.8) is 0 Å². The first-order valence-electron chi connectivity index (χ1n) is 9.78. The topological polar surface area (TPSA) is 16.4 Å². The highest BCUT2D eigenvalue weighted by Crippen LogP contribution is 2.44. The first-order valence-corrected chi connectivity index (χ1v) is 9.78. The summed E-state index contributed by atoms with van der Waals surface area (Å²) in [6.07, 6.45) is 2.30. The van der Waals surface area contributed by atoms with Gasteiger partial charge >= 0.3 is 0 Å². The molecule has 0 aliphatic carbocycles. The molecule has 5 rings (SSSR count). The van der Waals surface area contributed by atoms with Crippen LogP contribution in [-0.4, -0.2) is 14.2 Å². The molecular formula is C26H23N2O+. The maximum absolute atomic E-state index is 5.38. The Morgan fingerprint density at radius 3 is 2.14 bits per heavy atom. The second-order valence-electron chi connectivity index (χ2n) is 7.39. The zero-order valence-electron chi connectivity index (χ0n) is 16.9. The van der Waals surface area contributed by atoms with Crippen LogP contribution in [0.5, 0.6) is 5.75 Å². The van der Waals surface area contributed by atoms with E-state index in [4.69, 9.17) is 4.74 Å². The Labute approximate surface area is 171 Å². The van der Waals surface area contributed by atoms with Crippen LogP contribution in [-0.2, 0) is 7.05 Å². The number of rotatable bonds is 2. The van der Waals surface area contributed by atoms with Crippen LogP contribution in [0, 0.1) is 0 Å². The standard InChI is InChI=1S/C26H23N2O/c1-27-19(13-12-18-16-20(29-3)14-15-24(18)27)17-23-21-8-4-6-10-25(21)28(2)26-11-7-5-9-22(23)26/h4-17H,1-3H3/q+1. The fourth-order valence-corrected chi connectivity index (χ4v) is 4.24. The molecule has 0 unspecified atom stereocenters. The zero-order valence-corrected chi connectivity index (χ0v) is 16.9. The maximum Gasteiger partial charge on any atom is 0.212 e. The monoisotopic (exact) mass is 379 g/mol. The van der Waals surface area contributed by atoms with Crippen LogP contribution in [0.25, 0.3) is 22.6 Å². The normalized spacial score (nSPS) is 12.5. The molecule has 142 valence electrons. The largest absolute Gasteiger partial charge is 0.497 e. The highest BCUT2D eigenvalue weighted by atomic mass is 16.5. The third-order valence-corrected chi connectivity index (χ3v) is 5.82. The lowest BCUT2D eigenvalue weighted by Crippen LogP contribution is -2.32. The Morgan fingerprint density at radius 1 is 0.828 bits per heavy atom. The minimum Gasteiger partial charge on any atom is -0.497 e. The number of para-hydroxylation sites is 2. The summed E-state index contributed by atoms with van der Waals surface area (Å²) in [6, 6.07) is 27.8. The lowest BCUT2D eigenvalue weighted by Gasteiger charge is -2.31. The zero-order chi connectivity index (χ0) is 20.0. The first kappa shape index (κ1) is 17.5. The number of pyridine rings is 1. The van der Waals surface area contributed by atoms with Crippen molar-refractivity contribution in [2.45, 2.75) is 0 Å². The van der Waals surface area contributed by atoms with Crippen LogP contribution in [0.1, 0.15) is 16.8 Å². The van der Waals surface area contributed by atoms with Crippen molar-refractivity contribution in [3.8, 4) is 5.75 Å². The number of aryl methyl sites for hydroxylation is 1. The third kappa shape index (κ3) is 2.78. The fraction of sp³-hybridized carbons (Fsp3) is 0.115. The van der Waals surface area contributed by atoms with Crippen molar-refractivity contribution >= 4 is 33.9 Å². The molecule has 0 saturated heterocycles. The molecule has 3 aromatic carbocycles. The van der Waals surface area contributed by atoms with Gasteiger partial charge in [-0.25, -0.2) is 0 Å². The second-order valence-corrected chi connectivity index (χ2v) is 7.39. The molecule has 1 aliphatic heterocycles. The molecule has 4 aromatic rings. The second kappa shape index (κ2) is 6.78. The van der Waals surface area contributed by atoms with Crippen molar-refractivity contribution in [2.24, 2.45) is 7.05 Å². The molecule has 0 amide bonds. The maximum atomic E-state index is 5.38. The molecule has 2 heterocycles. The number of hydrogen-bond donors (Lipinski definition) is 0. The Bertz CT molecular complexity index is 1220. The van der Waals surface area contributed by atoms with E-state index >= 15 is 0 Å². The molecule has 0 atom stereocenters. The molecule has 0 N–H and O–H groups in total. The number of benzene rings is 3. The third-order valence-electron chi connectivity index (χ3n) is 5.82. The Morgan fingerprint density at radius 2 is 1.48 bits per heavy atom.